The summed E-state index contributed by atoms with van der Waals surface area (Å²) in [7, 11) is -2.22. The third-order valence-electron chi connectivity index (χ3n) is 3.22. The predicted molar refractivity (Wildman–Crippen MR) is 83.6 cm³/mol. The van der Waals surface area contributed by atoms with Crippen LogP contribution in [0.15, 0.2) is 21.6 Å². The average Bonchev–Trinajstić information content (AvgIpc) is 2.94. The van der Waals surface area contributed by atoms with Crippen molar-refractivity contribution in [2.75, 3.05) is 13.7 Å². The van der Waals surface area contributed by atoms with Crippen LogP contribution in [0.1, 0.15) is 34.6 Å². The Morgan fingerprint density at radius 3 is 2.42 bits per heavy atom. The van der Waals surface area contributed by atoms with E-state index in [-0.39, 0.29) is 23.2 Å². The van der Waals surface area contributed by atoms with E-state index in [4.69, 9.17) is 14.0 Å². The van der Waals surface area contributed by atoms with E-state index < -0.39 is 21.6 Å². The maximum atomic E-state index is 12.7. The van der Waals surface area contributed by atoms with Crippen molar-refractivity contribution >= 4 is 15.8 Å². The maximum Gasteiger partial charge on any atom is 0.379 e. The summed E-state index contributed by atoms with van der Waals surface area (Å²) in [5.41, 5.74) is 1.11. The Morgan fingerprint density at radius 2 is 1.88 bits per heavy atom. The summed E-state index contributed by atoms with van der Waals surface area (Å²) < 4.78 is 40.0. The van der Waals surface area contributed by atoms with Gasteiger partial charge in [0, 0.05) is 0 Å². The Hall–Kier alpha value is -2.42. The SMILES string of the molecule is CCOC(=O)c1noc(CS(=O)(=O)c2c(C)cc(OC)cc2C)n1. The quantitative estimate of drug-likeness (QED) is 0.723. The van der Waals surface area contributed by atoms with E-state index in [1.807, 2.05) is 0 Å². The number of nitrogens with zero attached hydrogens (tertiary/aromatic N) is 2. The molecule has 0 aliphatic rings. The number of hydrogen-bond donors (Lipinski definition) is 0. The smallest absolute Gasteiger partial charge is 0.379 e. The van der Waals surface area contributed by atoms with Crippen LogP contribution < -0.4 is 4.74 Å². The first kappa shape index (κ1) is 17.9. The lowest BCUT2D eigenvalue weighted by molar-refractivity contribution is 0.0508. The van der Waals surface area contributed by atoms with Gasteiger partial charge in [-0.05, 0) is 49.2 Å². The minimum absolute atomic E-state index is 0.158. The van der Waals surface area contributed by atoms with E-state index in [0.29, 0.717) is 16.9 Å². The number of rotatable bonds is 6. The second-order valence-corrected chi connectivity index (χ2v) is 7.01. The number of sulfone groups is 1. The van der Waals surface area contributed by atoms with Gasteiger partial charge in [-0.3, -0.25) is 0 Å². The summed E-state index contributed by atoms with van der Waals surface area (Å²) in [6.07, 6.45) is 0. The molecule has 2 aromatic rings. The van der Waals surface area contributed by atoms with Gasteiger partial charge in [0.1, 0.15) is 11.5 Å². The van der Waals surface area contributed by atoms with Crippen molar-refractivity contribution in [1.29, 1.82) is 0 Å². The van der Waals surface area contributed by atoms with Crippen molar-refractivity contribution in [3.8, 4) is 5.75 Å². The van der Waals surface area contributed by atoms with E-state index in [1.54, 1.807) is 32.9 Å². The average molecular weight is 354 g/mol. The number of benzene rings is 1. The van der Waals surface area contributed by atoms with Gasteiger partial charge in [-0.2, -0.15) is 4.98 Å². The van der Waals surface area contributed by atoms with Gasteiger partial charge in [0.05, 0.1) is 18.6 Å². The molecule has 0 fully saturated rings. The molecule has 0 saturated heterocycles. The lowest BCUT2D eigenvalue weighted by atomic mass is 10.1. The number of carbonyl (C=O) groups is 1. The number of aromatic nitrogens is 2. The van der Waals surface area contributed by atoms with Crippen LogP contribution in [0.5, 0.6) is 5.75 Å². The fourth-order valence-electron chi connectivity index (χ4n) is 2.35. The van der Waals surface area contributed by atoms with Gasteiger partial charge in [0.2, 0.25) is 5.89 Å². The van der Waals surface area contributed by atoms with Crippen molar-refractivity contribution in [2.24, 2.45) is 0 Å². The predicted octanol–water partition coefficient (Wildman–Crippen LogP) is 1.85. The summed E-state index contributed by atoms with van der Waals surface area (Å²) in [5, 5.41) is 3.44. The van der Waals surface area contributed by atoms with Gasteiger partial charge < -0.3 is 14.0 Å². The number of methoxy groups -OCH3 is 1. The van der Waals surface area contributed by atoms with Crippen LogP contribution in [0.4, 0.5) is 0 Å². The molecule has 1 heterocycles. The van der Waals surface area contributed by atoms with E-state index in [2.05, 4.69) is 10.1 Å². The molecule has 1 aromatic carbocycles. The standard InChI is InChI=1S/C15H18N2O6S/c1-5-22-15(18)14-16-12(23-17-14)8-24(19,20)13-9(2)6-11(21-4)7-10(13)3/h6-7H,5,8H2,1-4H3. The second-order valence-electron chi connectivity index (χ2n) is 5.08. The molecule has 0 aliphatic carbocycles. The van der Waals surface area contributed by atoms with Crippen LogP contribution in [0.3, 0.4) is 0 Å². The maximum absolute atomic E-state index is 12.7. The highest BCUT2D eigenvalue weighted by Crippen LogP contribution is 2.28. The van der Waals surface area contributed by atoms with Gasteiger partial charge in [-0.1, -0.05) is 0 Å². The Balaban J connectivity index is 2.31. The number of aryl methyl sites for hydroxylation is 2. The van der Waals surface area contributed by atoms with Crippen molar-refractivity contribution < 1.29 is 27.2 Å². The first-order valence-corrected chi connectivity index (χ1v) is 8.81. The fourth-order valence-corrected chi connectivity index (χ4v) is 4.03. The Labute approximate surface area is 139 Å². The van der Waals surface area contributed by atoms with Gasteiger partial charge >= 0.3 is 5.97 Å². The highest BCUT2D eigenvalue weighted by atomic mass is 32.2. The molecule has 0 spiro atoms. The molecule has 1 aromatic heterocycles. The zero-order valence-electron chi connectivity index (χ0n) is 13.8. The Kier molecular flexibility index (Phi) is 5.23. The molecule has 130 valence electrons. The molecule has 0 atom stereocenters. The molecule has 0 unspecified atom stereocenters. The van der Waals surface area contributed by atoms with Crippen LogP contribution in [-0.4, -0.2) is 38.2 Å². The van der Waals surface area contributed by atoms with E-state index in [0.717, 1.165) is 0 Å². The van der Waals surface area contributed by atoms with Crippen LogP contribution in [0.25, 0.3) is 0 Å². The molecule has 0 aliphatic heterocycles. The molecular formula is C15H18N2O6S. The number of hydrogen-bond acceptors (Lipinski definition) is 8. The molecule has 24 heavy (non-hydrogen) atoms. The largest absolute Gasteiger partial charge is 0.497 e. The topological polar surface area (TPSA) is 109 Å². The third-order valence-corrected chi connectivity index (χ3v) is 5.11. The normalized spacial score (nSPS) is 11.3. The van der Waals surface area contributed by atoms with Gasteiger partial charge in [0.25, 0.3) is 5.82 Å². The minimum Gasteiger partial charge on any atom is -0.497 e. The van der Waals surface area contributed by atoms with Crippen molar-refractivity contribution in [2.45, 2.75) is 31.4 Å². The van der Waals surface area contributed by atoms with Crippen LogP contribution >= 0.6 is 0 Å². The highest BCUT2D eigenvalue weighted by molar-refractivity contribution is 7.90. The fraction of sp³-hybridized carbons (Fsp3) is 0.400. The zero-order chi connectivity index (χ0) is 17.9. The van der Waals surface area contributed by atoms with Crippen molar-refractivity contribution in [3.05, 3.63) is 35.0 Å². The Bertz CT molecular complexity index is 834. The van der Waals surface area contributed by atoms with Gasteiger partial charge in [0.15, 0.2) is 9.84 Å². The number of ether oxygens (including phenoxy) is 2. The number of carbonyl (C=O) groups excluding carboxylic acids is 1. The van der Waals surface area contributed by atoms with Crippen LogP contribution in [-0.2, 0) is 20.3 Å². The highest BCUT2D eigenvalue weighted by Gasteiger charge is 2.25. The molecule has 9 heteroatoms. The molecule has 8 nitrogen and oxygen atoms in total. The second kappa shape index (κ2) is 7.00. The van der Waals surface area contributed by atoms with E-state index in [9.17, 15) is 13.2 Å². The van der Waals surface area contributed by atoms with Crippen LogP contribution in [0, 0.1) is 13.8 Å². The van der Waals surface area contributed by atoms with Crippen molar-refractivity contribution in [3.63, 3.8) is 0 Å². The van der Waals surface area contributed by atoms with Gasteiger partial charge in [-0.15, -0.1) is 0 Å². The molecule has 0 amide bonds. The van der Waals surface area contributed by atoms with Crippen molar-refractivity contribution in [1.82, 2.24) is 10.1 Å². The monoisotopic (exact) mass is 354 g/mol. The zero-order valence-corrected chi connectivity index (χ0v) is 14.6. The van der Waals surface area contributed by atoms with E-state index in [1.165, 1.54) is 7.11 Å². The Morgan fingerprint density at radius 1 is 1.25 bits per heavy atom. The summed E-state index contributed by atoms with van der Waals surface area (Å²) in [4.78, 5) is 15.5. The molecule has 0 bridgehead atoms. The minimum atomic E-state index is -3.73. The lowest BCUT2D eigenvalue weighted by Crippen LogP contribution is -2.10. The first-order valence-electron chi connectivity index (χ1n) is 7.16. The summed E-state index contributed by atoms with van der Waals surface area (Å²) in [5.74, 6) is -1.17. The third kappa shape index (κ3) is 3.73. The molecular weight excluding hydrogens is 336 g/mol. The summed E-state index contributed by atoms with van der Waals surface area (Å²) in [6, 6.07) is 3.27. The summed E-state index contributed by atoms with van der Waals surface area (Å²) in [6.45, 7) is 5.16. The lowest BCUT2D eigenvalue weighted by Gasteiger charge is -2.11. The molecule has 2 rings (SSSR count). The van der Waals surface area contributed by atoms with E-state index >= 15 is 0 Å². The number of esters is 1. The summed E-state index contributed by atoms with van der Waals surface area (Å²) >= 11 is 0. The van der Waals surface area contributed by atoms with Crippen LogP contribution in [0.2, 0.25) is 0 Å². The molecule has 0 N–H and O–H groups in total. The molecule has 0 radical (unpaired) electrons. The molecule has 0 saturated carbocycles. The first-order chi connectivity index (χ1) is 11.3. The van der Waals surface area contributed by atoms with Gasteiger partial charge in [-0.25, -0.2) is 13.2 Å².